The van der Waals surface area contributed by atoms with Gasteiger partial charge in [0.15, 0.2) is 5.16 Å². The molecule has 2 heterocycles. The van der Waals surface area contributed by atoms with Crippen LogP contribution >= 0.6 is 23.1 Å². The summed E-state index contributed by atoms with van der Waals surface area (Å²) in [7, 11) is 0. The molecule has 1 aromatic carbocycles. The van der Waals surface area contributed by atoms with Crippen molar-refractivity contribution in [2.75, 3.05) is 18.9 Å². The highest BCUT2D eigenvalue weighted by Crippen LogP contribution is 2.25. The van der Waals surface area contributed by atoms with E-state index in [-0.39, 0.29) is 11.9 Å². The molecule has 0 unspecified atom stereocenters. The van der Waals surface area contributed by atoms with Gasteiger partial charge in [-0.15, -0.1) is 11.3 Å². The Morgan fingerprint density at radius 3 is 2.86 bits per heavy atom. The number of benzene rings is 1. The molecule has 0 fully saturated rings. The highest BCUT2D eigenvalue weighted by molar-refractivity contribution is 7.99. The number of fused-ring (bicyclic) bond motifs is 1. The van der Waals surface area contributed by atoms with Gasteiger partial charge in [-0.3, -0.25) is 4.79 Å². The van der Waals surface area contributed by atoms with E-state index in [4.69, 9.17) is 4.74 Å². The summed E-state index contributed by atoms with van der Waals surface area (Å²) in [4.78, 5) is 30.0. The summed E-state index contributed by atoms with van der Waals surface area (Å²) in [6.45, 7) is 5.52. The number of rotatable bonds is 9. The Hall–Kier alpha value is -2.32. The van der Waals surface area contributed by atoms with Gasteiger partial charge in [-0.1, -0.05) is 17.8 Å². The smallest absolute Gasteiger partial charge is 0.338 e. The molecule has 3 aromatic rings. The SMILES string of the molecule is CCOC(=O)c1ccc2c(c1)nc(SCC(=O)NCCc1cccs1)n2CC. The summed E-state index contributed by atoms with van der Waals surface area (Å²) in [6.07, 6.45) is 0.845. The predicted octanol–water partition coefficient (Wildman–Crippen LogP) is 3.75. The fourth-order valence-corrected chi connectivity index (χ4v) is 4.44. The van der Waals surface area contributed by atoms with Gasteiger partial charge in [-0.2, -0.15) is 0 Å². The van der Waals surface area contributed by atoms with Crippen molar-refractivity contribution in [2.45, 2.75) is 32.0 Å². The van der Waals surface area contributed by atoms with E-state index in [0.29, 0.717) is 24.5 Å². The molecule has 6 nitrogen and oxygen atoms in total. The zero-order chi connectivity index (χ0) is 19.9. The van der Waals surface area contributed by atoms with Gasteiger partial charge in [-0.25, -0.2) is 9.78 Å². The lowest BCUT2D eigenvalue weighted by Gasteiger charge is -2.06. The summed E-state index contributed by atoms with van der Waals surface area (Å²) in [6, 6.07) is 9.45. The second-order valence-electron chi connectivity index (χ2n) is 6.03. The van der Waals surface area contributed by atoms with E-state index in [9.17, 15) is 9.59 Å². The topological polar surface area (TPSA) is 73.2 Å². The Kier molecular flexibility index (Phi) is 7.11. The average Bonchev–Trinajstić information content (AvgIpc) is 3.33. The number of esters is 1. The van der Waals surface area contributed by atoms with Crippen LogP contribution in [0.5, 0.6) is 0 Å². The predicted molar refractivity (Wildman–Crippen MR) is 113 cm³/mol. The first-order valence-electron chi connectivity index (χ1n) is 9.21. The van der Waals surface area contributed by atoms with Crippen molar-refractivity contribution in [3.8, 4) is 0 Å². The monoisotopic (exact) mass is 417 g/mol. The molecule has 0 aliphatic rings. The van der Waals surface area contributed by atoms with E-state index in [1.807, 2.05) is 29.0 Å². The Balaban J connectivity index is 1.63. The van der Waals surface area contributed by atoms with Gasteiger partial charge in [0.1, 0.15) is 0 Å². The first-order chi connectivity index (χ1) is 13.6. The number of thioether (sulfide) groups is 1. The summed E-state index contributed by atoms with van der Waals surface area (Å²) in [5.74, 6) is -0.0587. The summed E-state index contributed by atoms with van der Waals surface area (Å²) in [5.41, 5.74) is 2.15. The van der Waals surface area contributed by atoms with E-state index in [2.05, 4.69) is 16.4 Å². The highest BCUT2D eigenvalue weighted by Gasteiger charge is 2.15. The average molecular weight is 418 g/mol. The number of amides is 1. The number of imidazole rings is 1. The van der Waals surface area contributed by atoms with Gasteiger partial charge in [0.25, 0.3) is 0 Å². The Morgan fingerprint density at radius 2 is 2.14 bits per heavy atom. The third-order valence-electron chi connectivity index (χ3n) is 4.15. The molecule has 0 aliphatic carbocycles. The van der Waals surface area contributed by atoms with Crippen LogP contribution in [-0.2, 0) is 22.5 Å². The highest BCUT2D eigenvalue weighted by atomic mass is 32.2. The molecular weight excluding hydrogens is 394 g/mol. The van der Waals surface area contributed by atoms with Gasteiger partial charge in [0, 0.05) is 18.0 Å². The lowest BCUT2D eigenvalue weighted by Crippen LogP contribution is -2.27. The first kappa shape index (κ1) is 20.4. The van der Waals surface area contributed by atoms with Gasteiger partial charge in [0.2, 0.25) is 5.91 Å². The van der Waals surface area contributed by atoms with Gasteiger partial charge >= 0.3 is 5.97 Å². The summed E-state index contributed by atoms with van der Waals surface area (Å²) < 4.78 is 7.10. The van der Waals surface area contributed by atoms with E-state index in [1.54, 1.807) is 30.4 Å². The van der Waals surface area contributed by atoms with Crippen LogP contribution in [0, 0.1) is 0 Å². The van der Waals surface area contributed by atoms with Crippen molar-refractivity contribution in [3.05, 3.63) is 46.2 Å². The van der Waals surface area contributed by atoms with E-state index >= 15 is 0 Å². The van der Waals surface area contributed by atoms with Crippen LogP contribution in [0.3, 0.4) is 0 Å². The van der Waals surface area contributed by atoms with Crippen LogP contribution in [0.15, 0.2) is 40.9 Å². The molecule has 28 heavy (non-hydrogen) atoms. The summed E-state index contributed by atoms with van der Waals surface area (Å²) in [5, 5.41) is 5.76. The molecule has 0 spiro atoms. The minimum absolute atomic E-state index is 0.0107. The standard InChI is InChI=1S/C20H23N3O3S2/c1-3-23-17-8-7-14(19(25)26-4-2)12-16(17)22-20(23)28-13-18(24)21-10-9-15-6-5-11-27-15/h5-8,11-12H,3-4,9-10,13H2,1-2H3,(H,21,24). The van der Waals surface area contributed by atoms with Crippen molar-refractivity contribution in [2.24, 2.45) is 0 Å². The molecule has 0 aliphatic heterocycles. The molecule has 0 saturated carbocycles. The van der Waals surface area contributed by atoms with Gasteiger partial charge < -0.3 is 14.6 Å². The zero-order valence-corrected chi connectivity index (χ0v) is 17.6. The number of nitrogens with zero attached hydrogens (tertiary/aromatic N) is 2. The molecule has 1 N–H and O–H groups in total. The maximum absolute atomic E-state index is 12.1. The third kappa shape index (κ3) is 4.94. The third-order valence-corrected chi connectivity index (χ3v) is 6.06. The molecule has 2 aromatic heterocycles. The largest absolute Gasteiger partial charge is 0.462 e. The molecule has 1 amide bonds. The molecule has 148 valence electrons. The van der Waals surface area contributed by atoms with E-state index < -0.39 is 0 Å². The van der Waals surface area contributed by atoms with Crippen molar-refractivity contribution < 1.29 is 14.3 Å². The van der Waals surface area contributed by atoms with Crippen LogP contribution in [0.25, 0.3) is 11.0 Å². The number of carbonyl (C=O) groups excluding carboxylic acids is 2. The molecule has 3 rings (SSSR count). The van der Waals surface area contributed by atoms with Gasteiger partial charge in [0.05, 0.1) is 29.0 Å². The second kappa shape index (κ2) is 9.75. The number of hydrogen-bond donors (Lipinski definition) is 1. The number of nitrogens with one attached hydrogen (secondary N) is 1. The lowest BCUT2D eigenvalue weighted by molar-refractivity contribution is -0.118. The maximum atomic E-state index is 12.1. The quantitative estimate of drug-likeness (QED) is 0.424. The molecule has 0 bridgehead atoms. The second-order valence-corrected chi connectivity index (χ2v) is 8.01. The Morgan fingerprint density at radius 1 is 1.29 bits per heavy atom. The summed E-state index contributed by atoms with van der Waals surface area (Å²) >= 11 is 3.10. The van der Waals surface area contributed by atoms with Crippen molar-refractivity contribution >= 4 is 46.0 Å². The number of carbonyl (C=O) groups is 2. The lowest BCUT2D eigenvalue weighted by atomic mass is 10.2. The Labute approximate surface area is 172 Å². The van der Waals surface area contributed by atoms with Crippen LogP contribution < -0.4 is 5.32 Å². The minimum Gasteiger partial charge on any atom is -0.462 e. The molecule has 0 atom stereocenters. The van der Waals surface area contributed by atoms with Crippen LogP contribution in [0.1, 0.15) is 29.1 Å². The normalized spacial score (nSPS) is 10.9. The first-order valence-corrected chi connectivity index (χ1v) is 11.1. The fourth-order valence-electron chi connectivity index (χ4n) is 2.83. The number of thiophene rings is 1. The van der Waals surface area contributed by atoms with Crippen LogP contribution in [-0.4, -0.2) is 40.3 Å². The number of hydrogen-bond acceptors (Lipinski definition) is 6. The molecule has 0 saturated heterocycles. The number of aryl methyl sites for hydroxylation is 1. The van der Waals surface area contributed by atoms with Gasteiger partial charge in [-0.05, 0) is 49.9 Å². The van der Waals surface area contributed by atoms with Crippen molar-refractivity contribution in [1.29, 1.82) is 0 Å². The van der Waals surface area contributed by atoms with Crippen molar-refractivity contribution in [3.63, 3.8) is 0 Å². The maximum Gasteiger partial charge on any atom is 0.338 e. The van der Waals surface area contributed by atoms with Crippen molar-refractivity contribution in [1.82, 2.24) is 14.9 Å². The molecular formula is C20H23N3O3S2. The van der Waals surface area contributed by atoms with E-state index in [1.165, 1.54) is 16.6 Å². The Bertz CT molecular complexity index is 951. The number of aromatic nitrogens is 2. The fraction of sp³-hybridized carbons (Fsp3) is 0.350. The molecule has 8 heteroatoms. The van der Waals surface area contributed by atoms with E-state index in [0.717, 1.165) is 29.2 Å². The minimum atomic E-state index is -0.352. The number of ether oxygens (including phenoxy) is 1. The van der Waals surface area contributed by atoms with Crippen LogP contribution in [0.4, 0.5) is 0 Å². The zero-order valence-electron chi connectivity index (χ0n) is 15.9. The van der Waals surface area contributed by atoms with Crippen LogP contribution in [0.2, 0.25) is 0 Å². The molecule has 0 radical (unpaired) electrons.